The molecular weight excluding hydrogens is 408 g/mol. The fraction of sp³-hybridized carbons (Fsp3) is 0.286. The lowest BCUT2D eigenvalue weighted by atomic mass is 9.97. The first-order valence-electron chi connectivity index (χ1n) is 9.18. The van der Waals surface area contributed by atoms with Gasteiger partial charge in [0.05, 0.1) is 17.5 Å². The molecule has 0 radical (unpaired) electrons. The van der Waals surface area contributed by atoms with Crippen molar-refractivity contribution in [1.29, 1.82) is 0 Å². The van der Waals surface area contributed by atoms with Crippen molar-refractivity contribution in [2.45, 2.75) is 31.6 Å². The summed E-state index contributed by atoms with van der Waals surface area (Å²) >= 11 is 0. The van der Waals surface area contributed by atoms with Gasteiger partial charge in [-0.05, 0) is 47.9 Å². The van der Waals surface area contributed by atoms with E-state index in [0.717, 1.165) is 12.1 Å². The van der Waals surface area contributed by atoms with Gasteiger partial charge in [-0.3, -0.25) is 0 Å². The lowest BCUT2D eigenvalue weighted by molar-refractivity contribution is -0.137. The average molecular weight is 427 g/mol. The summed E-state index contributed by atoms with van der Waals surface area (Å²) in [6, 6.07) is 9.68. The minimum atomic E-state index is -4.56. The number of imidazole rings is 1. The zero-order valence-electron chi connectivity index (χ0n) is 15.7. The zero-order chi connectivity index (χ0) is 21.9. The van der Waals surface area contributed by atoms with E-state index in [4.69, 9.17) is 5.73 Å². The number of hydrogen-bond donors (Lipinski definition) is 2. The van der Waals surface area contributed by atoms with E-state index in [2.05, 4.69) is 9.97 Å². The number of halogens is 6. The quantitative estimate of drug-likeness (QED) is 0.492. The number of hydrogen-bond acceptors (Lipinski definition) is 2. The number of nitrogens with zero attached hydrogens (tertiary/aromatic N) is 1. The first-order chi connectivity index (χ1) is 14.0. The van der Waals surface area contributed by atoms with Crippen molar-refractivity contribution in [3.63, 3.8) is 0 Å². The van der Waals surface area contributed by atoms with Crippen molar-refractivity contribution >= 4 is 0 Å². The van der Waals surface area contributed by atoms with Crippen molar-refractivity contribution in [2.24, 2.45) is 5.73 Å². The predicted octanol–water partition coefficient (Wildman–Crippen LogP) is 5.76. The van der Waals surface area contributed by atoms with Crippen LogP contribution in [-0.2, 0) is 19.0 Å². The Morgan fingerprint density at radius 1 is 0.833 bits per heavy atom. The summed E-state index contributed by atoms with van der Waals surface area (Å²) in [5, 5.41) is 0. The molecule has 3 rings (SSSR count). The summed E-state index contributed by atoms with van der Waals surface area (Å²) in [6.07, 6.45) is -8.05. The number of aromatic amines is 1. The third-order valence-corrected chi connectivity index (χ3v) is 4.57. The Kier molecular flexibility index (Phi) is 6.21. The summed E-state index contributed by atoms with van der Waals surface area (Å²) < 4.78 is 77.4. The molecule has 0 bridgehead atoms. The third kappa shape index (κ3) is 5.63. The van der Waals surface area contributed by atoms with Gasteiger partial charge in [0, 0.05) is 18.4 Å². The topological polar surface area (TPSA) is 54.7 Å². The molecule has 3 aromatic rings. The van der Waals surface area contributed by atoms with E-state index in [-0.39, 0.29) is 6.42 Å². The lowest BCUT2D eigenvalue weighted by Gasteiger charge is -2.13. The molecule has 0 aliphatic rings. The molecule has 3 nitrogen and oxygen atoms in total. The molecule has 0 aliphatic heterocycles. The predicted molar refractivity (Wildman–Crippen MR) is 102 cm³/mol. The highest BCUT2D eigenvalue weighted by Crippen LogP contribution is 2.36. The number of benzene rings is 2. The first kappa shape index (κ1) is 21.9. The normalized spacial score (nSPS) is 12.4. The molecule has 0 saturated heterocycles. The van der Waals surface area contributed by atoms with E-state index < -0.39 is 24.3 Å². The molecule has 9 heteroatoms. The second-order valence-electron chi connectivity index (χ2n) is 6.89. The number of nitrogens with one attached hydrogen (secondary N) is 1. The van der Waals surface area contributed by atoms with Crippen LogP contribution in [0.1, 0.15) is 23.4 Å². The van der Waals surface area contributed by atoms with Gasteiger partial charge in [0.25, 0.3) is 0 Å². The molecule has 0 atom stereocenters. The molecule has 1 heterocycles. The van der Waals surface area contributed by atoms with Crippen molar-refractivity contribution in [3.05, 3.63) is 65.6 Å². The SMILES string of the molecule is NCCc1ncc(-c2cc(-c3ccc(CCC(F)(F)F)cc3)cc(C(F)(F)F)c2)[nH]1. The summed E-state index contributed by atoms with van der Waals surface area (Å²) in [6.45, 7) is 0.349. The van der Waals surface area contributed by atoms with Gasteiger partial charge in [0.15, 0.2) is 0 Å². The van der Waals surface area contributed by atoms with Crippen LogP contribution in [0.3, 0.4) is 0 Å². The Hall–Kier alpha value is -2.81. The van der Waals surface area contributed by atoms with E-state index in [1.165, 1.54) is 30.5 Å². The first-order valence-corrected chi connectivity index (χ1v) is 9.18. The van der Waals surface area contributed by atoms with Gasteiger partial charge in [-0.2, -0.15) is 26.3 Å². The largest absolute Gasteiger partial charge is 0.416 e. The minimum Gasteiger partial charge on any atom is -0.342 e. The van der Waals surface area contributed by atoms with Crippen LogP contribution in [0.4, 0.5) is 26.3 Å². The number of H-pyrrole nitrogens is 1. The Bertz CT molecular complexity index is 987. The second kappa shape index (κ2) is 8.51. The van der Waals surface area contributed by atoms with Crippen LogP contribution in [0.25, 0.3) is 22.4 Å². The van der Waals surface area contributed by atoms with Gasteiger partial charge in [-0.1, -0.05) is 24.3 Å². The van der Waals surface area contributed by atoms with Gasteiger partial charge in [0.1, 0.15) is 5.82 Å². The summed E-state index contributed by atoms with van der Waals surface area (Å²) in [5.41, 5.74) is 6.61. The minimum absolute atomic E-state index is 0.185. The molecule has 0 amide bonds. The van der Waals surface area contributed by atoms with Crippen molar-refractivity contribution < 1.29 is 26.3 Å². The molecule has 0 fully saturated rings. The number of alkyl halides is 6. The highest BCUT2D eigenvalue weighted by atomic mass is 19.4. The van der Waals surface area contributed by atoms with Crippen LogP contribution >= 0.6 is 0 Å². The van der Waals surface area contributed by atoms with Crippen LogP contribution in [0, 0.1) is 0 Å². The lowest BCUT2D eigenvalue weighted by Crippen LogP contribution is -2.08. The summed E-state index contributed by atoms with van der Waals surface area (Å²) in [4.78, 5) is 7.08. The fourth-order valence-corrected chi connectivity index (χ4v) is 3.04. The smallest absolute Gasteiger partial charge is 0.342 e. The molecule has 3 N–H and O–H groups in total. The number of aromatic nitrogens is 2. The summed E-state index contributed by atoms with van der Waals surface area (Å²) in [7, 11) is 0. The number of aryl methyl sites for hydroxylation is 1. The van der Waals surface area contributed by atoms with Crippen LogP contribution in [0.2, 0.25) is 0 Å². The fourth-order valence-electron chi connectivity index (χ4n) is 3.04. The summed E-state index contributed by atoms with van der Waals surface area (Å²) in [5.74, 6) is 0.570. The van der Waals surface area contributed by atoms with Gasteiger partial charge in [0.2, 0.25) is 0 Å². The van der Waals surface area contributed by atoms with E-state index >= 15 is 0 Å². The monoisotopic (exact) mass is 427 g/mol. The van der Waals surface area contributed by atoms with E-state index in [1.807, 2.05) is 0 Å². The maximum atomic E-state index is 13.4. The maximum Gasteiger partial charge on any atom is 0.416 e. The highest BCUT2D eigenvalue weighted by molar-refractivity contribution is 5.73. The van der Waals surface area contributed by atoms with Crippen molar-refractivity contribution in [1.82, 2.24) is 9.97 Å². The van der Waals surface area contributed by atoms with Crippen molar-refractivity contribution in [2.75, 3.05) is 6.54 Å². The van der Waals surface area contributed by atoms with E-state index in [1.54, 1.807) is 6.07 Å². The Morgan fingerprint density at radius 2 is 1.50 bits per heavy atom. The molecule has 1 aromatic heterocycles. The van der Waals surface area contributed by atoms with Gasteiger partial charge >= 0.3 is 12.4 Å². The molecule has 30 heavy (non-hydrogen) atoms. The van der Waals surface area contributed by atoms with Crippen LogP contribution < -0.4 is 5.73 Å². The van der Waals surface area contributed by atoms with E-state index in [9.17, 15) is 26.3 Å². The second-order valence-corrected chi connectivity index (χ2v) is 6.89. The third-order valence-electron chi connectivity index (χ3n) is 4.57. The van der Waals surface area contributed by atoms with Crippen LogP contribution in [-0.4, -0.2) is 22.7 Å². The van der Waals surface area contributed by atoms with Gasteiger partial charge in [-0.15, -0.1) is 0 Å². The Labute approximate surface area is 168 Å². The van der Waals surface area contributed by atoms with Gasteiger partial charge < -0.3 is 10.7 Å². The standard InChI is InChI=1S/C21H19F6N3/c22-20(23,24)7-5-13-1-3-14(4-2-13)15-9-16(11-17(10-15)21(25,26)27)18-12-29-19(30-18)6-8-28/h1-4,9-12H,5-8,28H2,(H,29,30). The Morgan fingerprint density at radius 3 is 2.10 bits per heavy atom. The average Bonchev–Trinajstić information content (AvgIpc) is 3.14. The molecule has 0 aliphatic carbocycles. The number of nitrogens with two attached hydrogens (primary N) is 1. The molecule has 2 aromatic carbocycles. The molecule has 0 spiro atoms. The van der Waals surface area contributed by atoms with Crippen LogP contribution in [0.5, 0.6) is 0 Å². The highest BCUT2D eigenvalue weighted by Gasteiger charge is 2.31. The van der Waals surface area contributed by atoms with Gasteiger partial charge in [-0.25, -0.2) is 4.98 Å². The maximum absolute atomic E-state index is 13.4. The van der Waals surface area contributed by atoms with E-state index in [0.29, 0.717) is 46.7 Å². The molecule has 160 valence electrons. The zero-order valence-corrected chi connectivity index (χ0v) is 15.7. The van der Waals surface area contributed by atoms with Crippen LogP contribution in [0.15, 0.2) is 48.7 Å². The number of rotatable bonds is 6. The molecular formula is C21H19F6N3. The Balaban J connectivity index is 1.95. The molecule has 0 saturated carbocycles. The van der Waals surface area contributed by atoms with Crippen molar-refractivity contribution in [3.8, 4) is 22.4 Å². The molecule has 0 unspecified atom stereocenters.